The number of hydrogen-bond donors (Lipinski definition) is 5. The summed E-state index contributed by atoms with van der Waals surface area (Å²) in [5.74, 6) is -0.862. The fourth-order valence-corrected chi connectivity index (χ4v) is 7.23. The summed E-state index contributed by atoms with van der Waals surface area (Å²) < 4.78 is 5.09. The Morgan fingerprint density at radius 3 is 2.50 bits per heavy atom. The number of fused-ring (bicyclic) bond motifs is 1. The summed E-state index contributed by atoms with van der Waals surface area (Å²) in [4.78, 5) is 11.5. The second-order valence-electron chi connectivity index (χ2n) is 11.2. The molecule has 0 bridgehead atoms. The molecule has 0 saturated heterocycles. The maximum Gasteiger partial charge on any atom is 0.331 e. The highest BCUT2D eigenvalue weighted by Gasteiger charge is 2.62. The summed E-state index contributed by atoms with van der Waals surface area (Å²) in [6, 6.07) is 0. The molecule has 0 aromatic carbocycles. The fourth-order valence-electron chi connectivity index (χ4n) is 7.23. The molecule has 5 N–H and O–H groups in total. The summed E-state index contributed by atoms with van der Waals surface area (Å²) >= 11 is 0. The van der Waals surface area contributed by atoms with Crippen molar-refractivity contribution in [3.63, 3.8) is 0 Å². The summed E-state index contributed by atoms with van der Waals surface area (Å²) in [7, 11) is 0. The van der Waals surface area contributed by atoms with Crippen molar-refractivity contribution in [2.24, 2.45) is 22.7 Å². The van der Waals surface area contributed by atoms with Crippen LogP contribution in [0.5, 0.6) is 0 Å². The van der Waals surface area contributed by atoms with Gasteiger partial charge in [0.05, 0.1) is 11.7 Å². The number of carbonyl (C=O) groups excluding carboxylic acids is 1. The molecule has 2 saturated carbocycles. The van der Waals surface area contributed by atoms with Gasteiger partial charge in [0.25, 0.3) is 0 Å². The highest BCUT2D eigenvalue weighted by Crippen LogP contribution is 2.63. The number of esters is 1. The van der Waals surface area contributed by atoms with E-state index in [0.717, 1.165) is 19.3 Å². The number of aliphatic hydroxyl groups excluding tert-OH is 4. The lowest BCUT2D eigenvalue weighted by Crippen LogP contribution is -2.63. The summed E-state index contributed by atoms with van der Waals surface area (Å²) in [6.07, 6.45) is 0.824. The minimum absolute atomic E-state index is 0.0101. The molecule has 182 valence electrons. The van der Waals surface area contributed by atoms with Gasteiger partial charge >= 0.3 is 5.97 Å². The summed E-state index contributed by atoms with van der Waals surface area (Å²) in [5, 5.41) is 53.7. The molecule has 0 aromatic rings. The molecule has 1 aliphatic heterocycles. The van der Waals surface area contributed by atoms with Crippen LogP contribution in [0.4, 0.5) is 0 Å². The normalized spacial score (nSPS) is 43.8. The number of aliphatic hydroxyl groups is 5. The number of cyclic esters (lactones) is 1. The molecule has 0 amide bonds. The Hall–Kier alpha value is -1.25. The zero-order valence-corrected chi connectivity index (χ0v) is 19.8. The Kier molecular flexibility index (Phi) is 7.01. The Balaban J connectivity index is 1.75. The van der Waals surface area contributed by atoms with Gasteiger partial charge in [-0.25, -0.2) is 4.79 Å². The topological polar surface area (TPSA) is 127 Å². The van der Waals surface area contributed by atoms with Crippen molar-refractivity contribution in [2.75, 3.05) is 6.61 Å². The van der Waals surface area contributed by atoms with Gasteiger partial charge in [-0.05, 0) is 73.3 Å². The Bertz CT molecular complexity index is 774. The number of ether oxygens (including phenoxy) is 1. The van der Waals surface area contributed by atoms with Crippen molar-refractivity contribution in [3.05, 3.63) is 23.8 Å². The van der Waals surface area contributed by atoms with E-state index in [1.54, 1.807) is 13.8 Å². The van der Waals surface area contributed by atoms with Gasteiger partial charge in [0.2, 0.25) is 0 Å². The van der Waals surface area contributed by atoms with Gasteiger partial charge in [-0.15, -0.1) is 0 Å². The van der Waals surface area contributed by atoms with E-state index in [1.165, 1.54) is 6.08 Å². The van der Waals surface area contributed by atoms with Crippen molar-refractivity contribution >= 4 is 5.97 Å². The molecule has 3 aliphatic rings. The largest absolute Gasteiger partial charge is 0.452 e. The summed E-state index contributed by atoms with van der Waals surface area (Å²) in [6.45, 7) is 11.5. The van der Waals surface area contributed by atoms with Crippen LogP contribution in [0.2, 0.25) is 0 Å². The highest BCUT2D eigenvalue weighted by molar-refractivity contribution is 5.85. The predicted octanol–water partition coefficient (Wildman–Crippen LogP) is 1.85. The third-order valence-corrected chi connectivity index (χ3v) is 8.68. The molecule has 3 rings (SSSR count). The minimum Gasteiger partial charge on any atom is -0.452 e. The molecule has 7 heteroatoms. The van der Waals surface area contributed by atoms with Crippen LogP contribution in [0.3, 0.4) is 0 Å². The third kappa shape index (κ3) is 4.30. The number of hydrogen-bond acceptors (Lipinski definition) is 7. The SMILES string of the molecule is C=C(CC[C@@H]1[C@@]2(C)CCC[C@@](C)(CO)[C@@H]2[C@@H](O)C[C@@]1(C)O)[C@@H](O)[C@@H](O)C1OC(=O)C=C1C. The minimum atomic E-state index is -1.31. The molecule has 9 atom stereocenters. The molecule has 2 aliphatic carbocycles. The van der Waals surface area contributed by atoms with Crippen LogP contribution in [-0.4, -0.2) is 68.1 Å². The molecule has 7 nitrogen and oxygen atoms in total. The van der Waals surface area contributed by atoms with E-state index in [9.17, 15) is 30.3 Å². The lowest BCUT2D eigenvalue weighted by molar-refractivity contribution is -0.223. The molecule has 1 unspecified atom stereocenters. The van der Waals surface area contributed by atoms with Gasteiger partial charge in [-0.3, -0.25) is 0 Å². The van der Waals surface area contributed by atoms with Crippen LogP contribution in [0.1, 0.15) is 66.2 Å². The lowest BCUT2D eigenvalue weighted by Gasteiger charge is -2.63. The van der Waals surface area contributed by atoms with Crippen molar-refractivity contribution in [1.82, 2.24) is 0 Å². The van der Waals surface area contributed by atoms with E-state index < -0.39 is 41.4 Å². The van der Waals surface area contributed by atoms with E-state index in [4.69, 9.17) is 4.74 Å². The predicted molar refractivity (Wildman–Crippen MR) is 119 cm³/mol. The molecule has 0 radical (unpaired) electrons. The van der Waals surface area contributed by atoms with Crippen LogP contribution in [0.15, 0.2) is 23.8 Å². The molecular weight excluding hydrogens is 412 g/mol. The average molecular weight is 453 g/mol. The van der Waals surface area contributed by atoms with Crippen molar-refractivity contribution in [2.45, 2.75) is 96.2 Å². The second-order valence-corrected chi connectivity index (χ2v) is 11.2. The lowest BCUT2D eigenvalue weighted by atomic mass is 9.44. The number of carbonyl (C=O) groups is 1. The highest BCUT2D eigenvalue weighted by atomic mass is 16.6. The van der Waals surface area contributed by atoms with Gasteiger partial charge in [0.15, 0.2) is 6.10 Å². The molecule has 2 fully saturated rings. The van der Waals surface area contributed by atoms with Gasteiger partial charge in [-0.2, -0.15) is 0 Å². The zero-order chi connectivity index (χ0) is 24.1. The van der Waals surface area contributed by atoms with E-state index in [-0.39, 0.29) is 30.3 Å². The second kappa shape index (κ2) is 8.84. The standard InChI is InChI=1S/C25H40O7/c1-14(19(29)20(30)21-15(2)11-18(28)32-21)7-8-17-24(4)10-6-9-23(3,13-26)22(24)16(27)12-25(17,5)31/h11,16-17,19-22,26-27,29-31H,1,6-10,12-13H2,2-5H3/t16-,17+,19+,20+,21?,22-,23-,24+,25+/m0/s1. The Labute approximate surface area is 190 Å². The molecular formula is C25H40O7. The van der Waals surface area contributed by atoms with Gasteiger partial charge in [-0.1, -0.05) is 26.8 Å². The molecule has 0 aromatic heterocycles. The first kappa shape index (κ1) is 25.4. The quantitative estimate of drug-likeness (QED) is 0.295. The Morgan fingerprint density at radius 1 is 1.28 bits per heavy atom. The first-order valence-electron chi connectivity index (χ1n) is 11.7. The first-order valence-corrected chi connectivity index (χ1v) is 11.7. The van der Waals surface area contributed by atoms with Crippen LogP contribution in [0, 0.1) is 22.7 Å². The van der Waals surface area contributed by atoms with E-state index in [1.807, 2.05) is 6.92 Å². The van der Waals surface area contributed by atoms with Crippen molar-refractivity contribution < 1.29 is 35.1 Å². The first-order chi connectivity index (χ1) is 14.8. The number of rotatable bonds is 7. The van der Waals surface area contributed by atoms with Crippen LogP contribution < -0.4 is 0 Å². The fraction of sp³-hybridized carbons (Fsp3) is 0.800. The van der Waals surface area contributed by atoms with Crippen molar-refractivity contribution in [3.8, 4) is 0 Å². The third-order valence-electron chi connectivity index (χ3n) is 8.68. The maximum atomic E-state index is 11.5. The average Bonchev–Trinajstić information content (AvgIpc) is 3.03. The van der Waals surface area contributed by atoms with Gasteiger partial charge in [0.1, 0.15) is 12.2 Å². The van der Waals surface area contributed by atoms with Gasteiger partial charge < -0.3 is 30.3 Å². The summed E-state index contributed by atoms with van der Waals surface area (Å²) in [5.41, 5.74) is -0.941. The monoisotopic (exact) mass is 452 g/mol. The molecule has 1 heterocycles. The molecule has 32 heavy (non-hydrogen) atoms. The van der Waals surface area contributed by atoms with Crippen LogP contribution >= 0.6 is 0 Å². The maximum absolute atomic E-state index is 11.5. The van der Waals surface area contributed by atoms with E-state index in [2.05, 4.69) is 13.5 Å². The van der Waals surface area contributed by atoms with Crippen molar-refractivity contribution in [1.29, 1.82) is 0 Å². The smallest absolute Gasteiger partial charge is 0.331 e. The van der Waals surface area contributed by atoms with E-state index in [0.29, 0.717) is 24.0 Å². The molecule has 0 spiro atoms. The Morgan fingerprint density at radius 2 is 1.94 bits per heavy atom. The van der Waals surface area contributed by atoms with E-state index >= 15 is 0 Å². The van der Waals surface area contributed by atoms with Crippen LogP contribution in [0.25, 0.3) is 0 Å². The van der Waals surface area contributed by atoms with Gasteiger partial charge in [0, 0.05) is 19.1 Å². The zero-order valence-electron chi connectivity index (χ0n) is 19.8. The van der Waals surface area contributed by atoms with Crippen LogP contribution in [-0.2, 0) is 9.53 Å².